The molecule has 1 N–H and O–H groups in total. The summed E-state index contributed by atoms with van der Waals surface area (Å²) in [4.78, 5) is 4.17. The van der Waals surface area contributed by atoms with Crippen molar-refractivity contribution >= 4 is 0 Å². The molecule has 0 bridgehead atoms. The highest BCUT2D eigenvalue weighted by molar-refractivity contribution is 4.97. The molecule has 5 nitrogen and oxygen atoms in total. The van der Waals surface area contributed by atoms with Gasteiger partial charge in [-0.05, 0) is 5.92 Å². The maximum atomic E-state index is 5.58. The number of nitrogens with one attached hydrogen (secondary N) is 1. The largest absolute Gasteiger partial charge is 0.383 e. The number of hydrogen-bond donors (Lipinski definition) is 1. The highest BCUT2D eigenvalue weighted by Gasteiger charge is 2.02. The average Bonchev–Trinajstić information content (AvgIpc) is 2.78. The zero-order valence-electron chi connectivity index (χ0n) is 11.7. The molecule has 1 heterocycles. The Morgan fingerprint density at radius 2 is 2.22 bits per heavy atom. The highest BCUT2D eigenvalue weighted by Crippen LogP contribution is 2.00. The summed E-state index contributed by atoms with van der Waals surface area (Å²) >= 11 is 0. The van der Waals surface area contributed by atoms with Crippen LogP contribution in [0.3, 0.4) is 0 Å². The second-order valence-electron chi connectivity index (χ2n) is 4.72. The third kappa shape index (κ3) is 6.14. The van der Waals surface area contributed by atoms with Gasteiger partial charge in [-0.1, -0.05) is 13.8 Å². The van der Waals surface area contributed by atoms with Gasteiger partial charge in [0, 0.05) is 39.5 Å². The molecule has 1 aromatic rings. The van der Waals surface area contributed by atoms with Crippen LogP contribution in [0, 0.1) is 5.92 Å². The van der Waals surface area contributed by atoms with Gasteiger partial charge < -0.3 is 19.4 Å². The van der Waals surface area contributed by atoms with Crippen molar-refractivity contribution in [3.05, 3.63) is 18.2 Å². The van der Waals surface area contributed by atoms with Crippen LogP contribution < -0.4 is 5.32 Å². The lowest BCUT2D eigenvalue weighted by atomic mass is 10.2. The number of ether oxygens (including phenoxy) is 2. The van der Waals surface area contributed by atoms with E-state index in [0.717, 1.165) is 39.5 Å². The third-order valence-corrected chi connectivity index (χ3v) is 2.52. The molecule has 1 aromatic heterocycles. The highest BCUT2D eigenvalue weighted by atomic mass is 16.5. The summed E-state index contributed by atoms with van der Waals surface area (Å²) in [7, 11) is 1.71. The maximum absolute atomic E-state index is 5.58. The van der Waals surface area contributed by atoms with E-state index in [1.54, 1.807) is 7.11 Å². The van der Waals surface area contributed by atoms with Crippen molar-refractivity contribution in [1.82, 2.24) is 14.9 Å². The van der Waals surface area contributed by atoms with Crippen molar-refractivity contribution in [3.8, 4) is 0 Å². The van der Waals surface area contributed by atoms with Gasteiger partial charge in [0.15, 0.2) is 0 Å². The lowest BCUT2D eigenvalue weighted by Gasteiger charge is -2.10. The first kappa shape index (κ1) is 15.1. The van der Waals surface area contributed by atoms with Gasteiger partial charge in [-0.2, -0.15) is 0 Å². The molecule has 0 saturated heterocycles. The molecule has 0 atom stereocenters. The van der Waals surface area contributed by atoms with Gasteiger partial charge in [0.05, 0.1) is 25.2 Å². The fraction of sp³-hybridized carbons (Fsp3) is 0.769. The van der Waals surface area contributed by atoms with E-state index >= 15 is 0 Å². The van der Waals surface area contributed by atoms with Crippen LogP contribution in [0.25, 0.3) is 0 Å². The second kappa shape index (κ2) is 9.08. The van der Waals surface area contributed by atoms with Gasteiger partial charge in [0.1, 0.15) is 0 Å². The van der Waals surface area contributed by atoms with Gasteiger partial charge in [-0.3, -0.25) is 0 Å². The molecule has 0 aliphatic rings. The van der Waals surface area contributed by atoms with Crippen LogP contribution in [0.15, 0.2) is 12.5 Å². The van der Waals surface area contributed by atoms with E-state index in [9.17, 15) is 0 Å². The van der Waals surface area contributed by atoms with E-state index in [-0.39, 0.29) is 0 Å². The minimum atomic E-state index is 0.586. The van der Waals surface area contributed by atoms with Crippen LogP contribution in [0.1, 0.15) is 19.5 Å². The summed E-state index contributed by atoms with van der Waals surface area (Å²) < 4.78 is 12.7. The minimum Gasteiger partial charge on any atom is -0.383 e. The number of hydrogen-bond acceptors (Lipinski definition) is 4. The standard InChI is InChI=1S/C13H25N3O2/c1-12(2)10-18-7-5-16-11-15-9-13(16)8-14-4-6-17-3/h9,11-12,14H,4-8,10H2,1-3H3. The molecule has 0 radical (unpaired) electrons. The molecular formula is C13H25N3O2. The summed E-state index contributed by atoms with van der Waals surface area (Å²) in [6.45, 7) is 9.11. The molecule has 0 saturated carbocycles. The first-order chi connectivity index (χ1) is 8.74. The number of nitrogens with zero attached hydrogens (tertiary/aromatic N) is 2. The zero-order chi connectivity index (χ0) is 13.2. The van der Waals surface area contributed by atoms with E-state index in [0.29, 0.717) is 5.92 Å². The summed E-state index contributed by atoms with van der Waals surface area (Å²) in [5.74, 6) is 0.586. The molecule has 0 spiro atoms. The fourth-order valence-electron chi connectivity index (χ4n) is 1.57. The predicted octanol–water partition coefficient (Wildman–Crippen LogP) is 1.29. The van der Waals surface area contributed by atoms with Crippen molar-refractivity contribution in [3.63, 3.8) is 0 Å². The van der Waals surface area contributed by atoms with Gasteiger partial charge in [-0.15, -0.1) is 0 Å². The van der Waals surface area contributed by atoms with Crippen LogP contribution in [0.5, 0.6) is 0 Å². The normalized spacial score (nSPS) is 11.3. The lowest BCUT2D eigenvalue weighted by Crippen LogP contribution is -2.21. The Kier molecular flexibility index (Phi) is 7.64. The minimum absolute atomic E-state index is 0.586. The molecular weight excluding hydrogens is 230 g/mol. The van der Waals surface area contributed by atoms with Crippen molar-refractivity contribution in [2.75, 3.05) is 33.5 Å². The maximum Gasteiger partial charge on any atom is 0.0949 e. The number of imidazole rings is 1. The molecule has 0 aliphatic heterocycles. The molecule has 0 aliphatic carbocycles. The molecule has 0 fully saturated rings. The quantitative estimate of drug-likeness (QED) is 0.640. The second-order valence-corrected chi connectivity index (χ2v) is 4.72. The first-order valence-corrected chi connectivity index (χ1v) is 6.50. The Bertz CT molecular complexity index is 313. The van der Waals surface area contributed by atoms with Crippen LogP contribution in [0.4, 0.5) is 0 Å². The van der Waals surface area contributed by atoms with Crippen molar-refractivity contribution in [2.24, 2.45) is 5.92 Å². The van der Waals surface area contributed by atoms with Crippen molar-refractivity contribution in [2.45, 2.75) is 26.9 Å². The van der Waals surface area contributed by atoms with Gasteiger partial charge in [0.2, 0.25) is 0 Å². The summed E-state index contributed by atoms with van der Waals surface area (Å²) in [5, 5.41) is 3.31. The van der Waals surface area contributed by atoms with Crippen LogP contribution >= 0.6 is 0 Å². The van der Waals surface area contributed by atoms with E-state index in [1.807, 2.05) is 12.5 Å². The SMILES string of the molecule is COCCNCc1cncn1CCOCC(C)C. The van der Waals surface area contributed by atoms with Crippen LogP contribution in [0.2, 0.25) is 0 Å². The average molecular weight is 255 g/mol. The van der Waals surface area contributed by atoms with Crippen molar-refractivity contribution in [1.29, 1.82) is 0 Å². The van der Waals surface area contributed by atoms with Crippen LogP contribution in [-0.2, 0) is 22.6 Å². The van der Waals surface area contributed by atoms with E-state index in [1.165, 1.54) is 5.69 Å². The van der Waals surface area contributed by atoms with Gasteiger partial charge >= 0.3 is 0 Å². The van der Waals surface area contributed by atoms with E-state index in [4.69, 9.17) is 9.47 Å². The summed E-state index contributed by atoms with van der Waals surface area (Å²) in [5.41, 5.74) is 1.18. The Labute approximate surface area is 109 Å². The third-order valence-electron chi connectivity index (χ3n) is 2.52. The molecule has 0 unspecified atom stereocenters. The smallest absolute Gasteiger partial charge is 0.0949 e. The summed E-state index contributed by atoms with van der Waals surface area (Å²) in [6, 6.07) is 0. The topological polar surface area (TPSA) is 48.3 Å². The van der Waals surface area contributed by atoms with Crippen LogP contribution in [-0.4, -0.2) is 43.0 Å². The van der Waals surface area contributed by atoms with E-state index < -0.39 is 0 Å². The first-order valence-electron chi connectivity index (χ1n) is 6.50. The number of aromatic nitrogens is 2. The molecule has 0 amide bonds. The Morgan fingerprint density at radius 3 is 2.94 bits per heavy atom. The lowest BCUT2D eigenvalue weighted by molar-refractivity contribution is 0.102. The number of methoxy groups -OCH3 is 1. The Balaban J connectivity index is 2.22. The molecule has 104 valence electrons. The molecule has 5 heteroatoms. The monoisotopic (exact) mass is 255 g/mol. The Morgan fingerprint density at radius 1 is 1.39 bits per heavy atom. The Hall–Kier alpha value is -0.910. The van der Waals surface area contributed by atoms with Crippen molar-refractivity contribution < 1.29 is 9.47 Å². The van der Waals surface area contributed by atoms with E-state index in [2.05, 4.69) is 28.7 Å². The fourth-order valence-corrected chi connectivity index (χ4v) is 1.57. The predicted molar refractivity (Wildman–Crippen MR) is 71.5 cm³/mol. The summed E-state index contributed by atoms with van der Waals surface area (Å²) in [6.07, 6.45) is 3.74. The number of rotatable bonds is 10. The van der Waals surface area contributed by atoms with Gasteiger partial charge in [-0.25, -0.2) is 4.98 Å². The zero-order valence-corrected chi connectivity index (χ0v) is 11.7. The molecule has 1 rings (SSSR count). The van der Waals surface area contributed by atoms with Gasteiger partial charge in [0.25, 0.3) is 0 Å². The molecule has 18 heavy (non-hydrogen) atoms. The molecule has 0 aromatic carbocycles.